The van der Waals surface area contributed by atoms with E-state index < -0.39 is 0 Å². The fourth-order valence-electron chi connectivity index (χ4n) is 4.16. The summed E-state index contributed by atoms with van der Waals surface area (Å²) in [5.41, 5.74) is 1.46. The van der Waals surface area contributed by atoms with Gasteiger partial charge in [0.2, 0.25) is 0 Å². The fraction of sp³-hybridized carbons (Fsp3) is 0.684. The van der Waals surface area contributed by atoms with Crippen molar-refractivity contribution >= 4 is 0 Å². The van der Waals surface area contributed by atoms with Crippen LogP contribution in [-0.4, -0.2) is 30.1 Å². The Balaban J connectivity index is 1.69. The molecule has 1 aromatic carbocycles. The van der Waals surface area contributed by atoms with E-state index in [1.165, 1.54) is 50.8 Å². The number of fused-ring (bicyclic) bond motifs is 1. The number of piperidine rings is 1. The second-order valence-electron chi connectivity index (χ2n) is 7.25. The number of hydrogen-bond donors (Lipinski definition) is 1. The molecule has 2 saturated heterocycles. The molecular formula is C19H30N2. The lowest BCUT2D eigenvalue weighted by molar-refractivity contribution is 0.174. The van der Waals surface area contributed by atoms with Crippen LogP contribution in [0, 0.1) is 5.92 Å². The zero-order chi connectivity index (χ0) is 14.7. The number of hydrogen-bond acceptors (Lipinski definition) is 2. The van der Waals surface area contributed by atoms with Gasteiger partial charge in [-0.2, -0.15) is 0 Å². The van der Waals surface area contributed by atoms with Crippen LogP contribution in [0.3, 0.4) is 0 Å². The SMILES string of the molecule is CC(C)CC(NC1CCN2CCCCC12)c1ccccc1. The first-order chi connectivity index (χ1) is 10.2. The lowest BCUT2D eigenvalue weighted by atomic mass is 9.93. The van der Waals surface area contributed by atoms with Gasteiger partial charge in [-0.05, 0) is 43.7 Å². The maximum absolute atomic E-state index is 4.02. The van der Waals surface area contributed by atoms with E-state index in [4.69, 9.17) is 0 Å². The topological polar surface area (TPSA) is 15.3 Å². The average Bonchev–Trinajstić information content (AvgIpc) is 2.90. The Morgan fingerprint density at radius 2 is 1.90 bits per heavy atom. The van der Waals surface area contributed by atoms with Crippen LogP contribution >= 0.6 is 0 Å². The molecule has 1 aromatic rings. The Morgan fingerprint density at radius 3 is 2.67 bits per heavy atom. The lowest BCUT2D eigenvalue weighted by Crippen LogP contribution is -2.46. The van der Waals surface area contributed by atoms with E-state index in [0.717, 1.165) is 12.0 Å². The van der Waals surface area contributed by atoms with E-state index in [2.05, 4.69) is 54.4 Å². The van der Waals surface area contributed by atoms with Gasteiger partial charge in [-0.1, -0.05) is 50.6 Å². The van der Waals surface area contributed by atoms with Crippen molar-refractivity contribution in [3.8, 4) is 0 Å². The van der Waals surface area contributed by atoms with Crippen LogP contribution in [0.25, 0.3) is 0 Å². The standard InChI is InChI=1S/C19H30N2/c1-15(2)14-18(16-8-4-3-5-9-16)20-17-11-13-21-12-7-6-10-19(17)21/h3-5,8-9,15,17-20H,6-7,10-14H2,1-2H3. The third kappa shape index (κ3) is 3.67. The monoisotopic (exact) mass is 286 g/mol. The second-order valence-corrected chi connectivity index (χ2v) is 7.25. The van der Waals surface area contributed by atoms with Crippen LogP contribution in [0.1, 0.15) is 57.6 Å². The highest BCUT2D eigenvalue weighted by Crippen LogP contribution is 2.30. The first-order valence-electron chi connectivity index (χ1n) is 8.79. The number of nitrogens with zero attached hydrogens (tertiary/aromatic N) is 1. The summed E-state index contributed by atoms with van der Waals surface area (Å²) in [5.74, 6) is 0.728. The molecule has 1 N–H and O–H groups in total. The van der Waals surface area contributed by atoms with Gasteiger partial charge in [-0.3, -0.25) is 4.90 Å². The Morgan fingerprint density at radius 1 is 1.10 bits per heavy atom. The number of benzene rings is 1. The lowest BCUT2D eigenvalue weighted by Gasteiger charge is -2.35. The van der Waals surface area contributed by atoms with E-state index in [-0.39, 0.29) is 0 Å². The Labute approximate surface area is 129 Å². The molecule has 116 valence electrons. The van der Waals surface area contributed by atoms with Gasteiger partial charge in [0.1, 0.15) is 0 Å². The zero-order valence-electron chi connectivity index (χ0n) is 13.6. The minimum absolute atomic E-state index is 0.512. The van der Waals surface area contributed by atoms with Crippen molar-refractivity contribution in [1.29, 1.82) is 0 Å². The van der Waals surface area contributed by atoms with E-state index in [1.54, 1.807) is 0 Å². The maximum Gasteiger partial charge on any atom is 0.0325 e. The molecular weight excluding hydrogens is 256 g/mol. The Kier molecular flexibility index (Phi) is 4.97. The zero-order valence-corrected chi connectivity index (χ0v) is 13.6. The summed E-state index contributed by atoms with van der Waals surface area (Å²) < 4.78 is 0. The molecule has 2 nitrogen and oxygen atoms in total. The van der Waals surface area contributed by atoms with Crippen molar-refractivity contribution in [2.45, 2.75) is 64.1 Å². The third-order valence-corrected chi connectivity index (χ3v) is 5.18. The molecule has 3 unspecified atom stereocenters. The number of nitrogens with one attached hydrogen (secondary N) is 1. The summed E-state index contributed by atoms with van der Waals surface area (Å²) in [6, 6.07) is 13.0. The highest BCUT2D eigenvalue weighted by atomic mass is 15.2. The van der Waals surface area contributed by atoms with Crippen LogP contribution < -0.4 is 5.32 Å². The summed E-state index contributed by atoms with van der Waals surface area (Å²) in [6.07, 6.45) is 6.76. The molecule has 0 aromatic heterocycles. The summed E-state index contributed by atoms with van der Waals surface area (Å²) in [4.78, 5) is 2.72. The van der Waals surface area contributed by atoms with Gasteiger partial charge in [0.25, 0.3) is 0 Å². The minimum Gasteiger partial charge on any atom is -0.306 e. The van der Waals surface area contributed by atoms with Gasteiger partial charge in [-0.25, -0.2) is 0 Å². The van der Waals surface area contributed by atoms with Gasteiger partial charge < -0.3 is 5.32 Å². The predicted octanol–water partition coefficient (Wildman–Crippen LogP) is 3.99. The minimum atomic E-state index is 0.512. The highest BCUT2D eigenvalue weighted by molar-refractivity contribution is 5.19. The molecule has 2 fully saturated rings. The van der Waals surface area contributed by atoms with Crippen LogP contribution in [0.2, 0.25) is 0 Å². The molecule has 2 heterocycles. The summed E-state index contributed by atoms with van der Waals surface area (Å²) in [6.45, 7) is 7.28. The summed E-state index contributed by atoms with van der Waals surface area (Å²) in [5, 5.41) is 4.02. The first-order valence-corrected chi connectivity index (χ1v) is 8.79. The van der Waals surface area contributed by atoms with Crippen molar-refractivity contribution in [2.24, 2.45) is 5.92 Å². The van der Waals surface area contributed by atoms with Crippen molar-refractivity contribution < 1.29 is 0 Å². The van der Waals surface area contributed by atoms with Gasteiger partial charge in [0.05, 0.1) is 0 Å². The van der Waals surface area contributed by atoms with Crippen molar-refractivity contribution in [1.82, 2.24) is 10.2 Å². The van der Waals surface area contributed by atoms with E-state index >= 15 is 0 Å². The molecule has 2 aliphatic rings. The maximum atomic E-state index is 4.02. The molecule has 0 radical (unpaired) electrons. The largest absolute Gasteiger partial charge is 0.306 e. The second kappa shape index (κ2) is 6.93. The van der Waals surface area contributed by atoms with E-state index in [9.17, 15) is 0 Å². The summed E-state index contributed by atoms with van der Waals surface area (Å²) in [7, 11) is 0. The molecule has 0 saturated carbocycles. The molecule has 21 heavy (non-hydrogen) atoms. The van der Waals surface area contributed by atoms with Crippen LogP contribution in [0.15, 0.2) is 30.3 Å². The van der Waals surface area contributed by atoms with Crippen molar-refractivity contribution in [2.75, 3.05) is 13.1 Å². The highest BCUT2D eigenvalue weighted by Gasteiger charge is 2.36. The van der Waals surface area contributed by atoms with Crippen molar-refractivity contribution in [3.05, 3.63) is 35.9 Å². The van der Waals surface area contributed by atoms with Gasteiger partial charge >= 0.3 is 0 Å². The molecule has 0 amide bonds. The Hall–Kier alpha value is -0.860. The molecule has 0 spiro atoms. The molecule has 2 heteroatoms. The summed E-state index contributed by atoms with van der Waals surface area (Å²) >= 11 is 0. The normalized spacial score (nSPS) is 27.8. The fourth-order valence-corrected chi connectivity index (χ4v) is 4.16. The van der Waals surface area contributed by atoms with Gasteiger partial charge in [-0.15, -0.1) is 0 Å². The van der Waals surface area contributed by atoms with Gasteiger partial charge in [0.15, 0.2) is 0 Å². The average molecular weight is 286 g/mol. The Bertz CT molecular complexity index is 428. The predicted molar refractivity (Wildman–Crippen MR) is 89.4 cm³/mol. The first kappa shape index (κ1) is 15.1. The van der Waals surface area contributed by atoms with Crippen molar-refractivity contribution in [3.63, 3.8) is 0 Å². The smallest absolute Gasteiger partial charge is 0.0325 e. The quantitative estimate of drug-likeness (QED) is 0.880. The third-order valence-electron chi connectivity index (χ3n) is 5.18. The molecule has 2 aliphatic heterocycles. The van der Waals surface area contributed by atoms with Crippen LogP contribution in [0.4, 0.5) is 0 Å². The molecule has 0 aliphatic carbocycles. The van der Waals surface area contributed by atoms with E-state index in [1.807, 2.05) is 0 Å². The van der Waals surface area contributed by atoms with Crippen LogP contribution in [0.5, 0.6) is 0 Å². The molecule has 0 bridgehead atoms. The number of rotatable bonds is 5. The molecule has 3 atom stereocenters. The van der Waals surface area contributed by atoms with E-state index in [0.29, 0.717) is 12.1 Å². The molecule has 3 rings (SSSR count). The van der Waals surface area contributed by atoms with Gasteiger partial charge in [0, 0.05) is 24.7 Å². The van der Waals surface area contributed by atoms with Crippen LogP contribution in [-0.2, 0) is 0 Å².